The molecule has 0 radical (unpaired) electrons. The molecular formula is C20H23N3O3S. The van der Waals surface area contributed by atoms with Crippen LogP contribution in [0.15, 0.2) is 53.4 Å². The Kier molecular flexibility index (Phi) is 4.65. The summed E-state index contributed by atoms with van der Waals surface area (Å²) in [4.78, 5) is 13.7. The molecule has 2 heterocycles. The highest BCUT2D eigenvalue weighted by atomic mass is 32.2. The van der Waals surface area contributed by atoms with Crippen LogP contribution >= 0.6 is 0 Å². The van der Waals surface area contributed by atoms with Crippen molar-refractivity contribution in [1.82, 2.24) is 4.31 Å². The molecule has 0 spiro atoms. The van der Waals surface area contributed by atoms with E-state index < -0.39 is 10.0 Å². The van der Waals surface area contributed by atoms with Gasteiger partial charge in [0.25, 0.3) is 0 Å². The van der Waals surface area contributed by atoms with Crippen molar-refractivity contribution in [3.8, 4) is 0 Å². The number of amides is 1. The Hall–Kier alpha value is -2.38. The predicted molar refractivity (Wildman–Crippen MR) is 105 cm³/mol. The first-order valence-electron chi connectivity index (χ1n) is 9.18. The molecule has 27 heavy (non-hydrogen) atoms. The van der Waals surface area contributed by atoms with E-state index in [-0.39, 0.29) is 16.8 Å². The molecule has 0 aliphatic carbocycles. The number of hydrogen-bond acceptors (Lipinski definition) is 4. The van der Waals surface area contributed by atoms with Crippen LogP contribution in [-0.2, 0) is 21.2 Å². The van der Waals surface area contributed by atoms with Gasteiger partial charge in [0.1, 0.15) is 0 Å². The zero-order chi connectivity index (χ0) is 19.0. The van der Waals surface area contributed by atoms with Crippen molar-refractivity contribution in [2.45, 2.75) is 30.7 Å². The summed E-state index contributed by atoms with van der Waals surface area (Å²) in [6.45, 7) is 3.04. The molecule has 2 aromatic carbocycles. The number of nitrogens with one attached hydrogen (secondary N) is 1. The average molecular weight is 385 g/mol. The van der Waals surface area contributed by atoms with E-state index in [1.807, 2.05) is 36.4 Å². The number of sulfonamides is 1. The summed E-state index contributed by atoms with van der Waals surface area (Å²) in [5, 5.41) is 3.40. The molecule has 1 fully saturated rings. The third kappa shape index (κ3) is 3.44. The van der Waals surface area contributed by atoms with Crippen molar-refractivity contribution in [1.29, 1.82) is 0 Å². The smallest absolute Gasteiger partial charge is 0.243 e. The fraction of sp³-hybridized carbons (Fsp3) is 0.350. The Morgan fingerprint density at radius 3 is 2.63 bits per heavy atom. The fourth-order valence-electron chi connectivity index (χ4n) is 3.83. The van der Waals surface area contributed by atoms with Crippen molar-refractivity contribution >= 4 is 27.3 Å². The second kappa shape index (κ2) is 6.98. The van der Waals surface area contributed by atoms with Crippen LogP contribution in [0.3, 0.4) is 0 Å². The number of anilines is 2. The van der Waals surface area contributed by atoms with Gasteiger partial charge in [0, 0.05) is 44.0 Å². The third-order valence-corrected chi connectivity index (χ3v) is 7.13. The van der Waals surface area contributed by atoms with Crippen molar-refractivity contribution in [3.63, 3.8) is 0 Å². The first-order valence-corrected chi connectivity index (χ1v) is 10.6. The summed E-state index contributed by atoms with van der Waals surface area (Å²) in [6.07, 6.45) is 1.53. The molecule has 2 aromatic rings. The maximum atomic E-state index is 13.1. The van der Waals surface area contributed by atoms with Gasteiger partial charge < -0.3 is 10.2 Å². The second-order valence-corrected chi connectivity index (χ2v) is 9.01. The predicted octanol–water partition coefficient (Wildman–Crippen LogP) is 2.47. The first-order chi connectivity index (χ1) is 12.9. The quantitative estimate of drug-likeness (QED) is 0.878. The molecule has 1 N–H and O–H groups in total. The molecule has 0 bridgehead atoms. The van der Waals surface area contributed by atoms with Crippen LogP contribution in [0.1, 0.15) is 18.9 Å². The summed E-state index contributed by atoms with van der Waals surface area (Å²) < 4.78 is 27.7. The van der Waals surface area contributed by atoms with E-state index >= 15 is 0 Å². The van der Waals surface area contributed by atoms with Gasteiger partial charge in [-0.15, -0.1) is 0 Å². The number of carbonyl (C=O) groups is 1. The Bertz CT molecular complexity index is 960. The molecule has 7 heteroatoms. The monoisotopic (exact) mass is 385 g/mol. The van der Waals surface area contributed by atoms with Gasteiger partial charge >= 0.3 is 0 Å². The van der Waals surface area contributed by atoms with E-state index in [1.165, 1.54) is 11.2 Å². The highest BCUT2D eigenvalue weighted by Gasteiger charge is 2.34. The lowest BCUT2D eigenvalue weighted by atomic mass is 10.2. The van der Waals surface area contributed by atoms with Gasteiger partial charge in [0.05, 0.1) is 4.90 Å². The number of rotatable bonds is 4. The zero-order valence-electron chi connectivity index (χ0n) is 15.3. The number of carbonyl (C=O) groups excluding carboxylic acids is 1. The van der Waals surface area contributed by atoms with Crippen LogP contribution in [0.4, 0.5) is 11.4 Å². The van der Waals surface area contributed by atoms with Crippen molar-refractivity contribution in [2.24, 2.45) is 0 Å². The van der Waals surface area contributed by atoms with Crippen molar-refractivity contribution < 1.29 is 13.2 Å². The second-order valence-electron chi connectivity index (χ2n) is 7.07. The third-order valence-electron chi connectivity index (χ3n) is 5.27. The summed E-state index contributed by atoms with van der Waals surface area (Å²) in [5.74, 6) is -0.0587. The van der Waals surface area contributed by atoms with E-state index in [1.54, 1.807) is 17.0 Å². The van der Waals surface area contributed by atoms with E-state index in [9.17, 15) is 13.2 Å². The number of para-hydroxylation sites is 1. The summed E-state index contributed by atoms with van der Waals surface area (Å²) in [7, 11) is -3.58. The Morgan fingerprint density at radius 2 is 1.89 bits per heavy atom. The first kappa shape index (κ1) is 18.0. The van der Waals surface area contributed by atoms with E-state index in [4.69, 9.17) is 0 Å². The van der Waals surface area contributed by atoms with E-state index in [0.717, 1.165) is 29.8 Å². The molecule has 1 atom stereocenters. The largest absolute Gasteiger partial charge is 0.381 e. The lowest BCUT2D eigenvalue weighted by Crippen LogP contribution is -2.32. The van der Waals surface area contributed by atoms with Crippen LogP contribution in [0, 0.1) is 0 Å². The number of benzene rings is 2. The van der Waals surface area contributed by atoms with Gasteiger partial charge in [-0.2, -0.15) is 4.31 Å². The van der Waals surface area contributed by atoms with E-state index in [0.29, 0.717) is 19.6 Å². The molecule has 142 valence electrons. The number of hydrogen-bond donors (Lipinski definition) is 1. The summed E-state index contributed by atoms with van der Waals surface area (Å²) >= 11 is 0. The molecule has 2 aliphatic rings. The number of nitrogens with zero attached hydrogens (tertiary/aromatic N) is 2. The maximum Gasteiger partial charge on any atom is 0.243 e. The number of fused-ring (bicyclic) bond motifs is 1. The molecule has 6 nitrogen and oxygen atoms in total. The minimum Gasteiger partial charge on any atom is -0.381 e. The minimum absolute atomic E-state index is 0.0587. The van der Waals surface area contributed by atoms with Crippen LogP contribution in [-0.4, -0.2) is 44.3 Å². The Labute approximate surface area is 159 Å². The van der Waals surface area contributed by atoms with Gasteiger partial charge in [-0.3, -0.25) is 4.79 Å². The Morgan fingerprint density at radius 1 is 1.11 bits per heavy atom. The molecule has 0 aromatic heterocycles. The SMILES string of the molecule is CC(=O)N1CCc2ccc(S(=O)(=O)N3CC[C@@H](Nc4ccccc4)C3)cc21. The van der Waals surface area contributed by atoms with Crippen LogP contribution in [0.2, 0.25) is 0 Å². The molecule has 0 saturated carbocycles. The average Bonchev–Trinajstić information content (AvgIpc) is 3.29. The minimum atomic E-state index is -3.58. The summed E-state index contributed by atoms with van der Waals surface area (Å²) in [5.41, 5.74) is 2.74. The topological polar surface area (TPSA) is 69.7 Å². The van der Waals surface area contributed by atoms with Gasteiger partial charge in [-0.25, -0.2) is 8.42 Å². The maximum absolute atomic E-state index is 13.1. The normalized spacial score (nSPS) is 19.9. The van der Waals surface area contributed by atoms with Crippen molar-refractivity contribution in [2.75, 3.05) is 29.9 Å². The van der Waals surface area contributed by atoms with Gasteiger partial charge in [-0.1, -0.05) is 24.3 Å². The van der Waals surface area contributed by atoms with Crippen LogP contribution in [0.5, 0.6) is 0 Å². The van der Waals surface area contributed by atoms with Crippen molar-refractivity contribution in [3.05, 3.63) is 54.1 Å². The van der Waals surface area contributed by atoms with Gasteiger partial charge in [0.15, 0.2) is 0 Å². The van der Waals surface area contributed by atoms with Crippen LogP contribution in [0.25, 0.3) is 0 Å². The molecule has 2 aliphatic heterocycles. The van der Waals surface area contributed by atoms with E-state index in [2.05, 4.69) is 5.32 Å². The van der Waals surface area contributed by atoms with Gasteiger partial charge in [-0.05, 0) is 42.7 Å². The molecule has 4 rings (SSSR count). The zero-order valence-corrected chi connectivity index (χ0v) is 16.1. The fourth-order valence-corrected chi connectivity index (χ4v) is 5.35. The Balaban J connectivity index is 1.53. The van der Waals surface area contributed by atoms with Crippen LogP contribution < -0.4 is 10.2 Å². The highest BCUT2D eigenvalue weighted by Crippen LogP contribution is 2.32. The molecule has 0 unspecified atom stereocenters. The lowest BCUT2D eigenvalue weighted by Gasteiger charge is -2.20. The standard InChI is InChI=1S/C20H23N3O3S/c1-15(24)23-12-9-16-7-8-19(13-20(16)23)27(25,26)22-11-10-18(14-22)21-17-5-3-2-4-6-17/h2-8,13,18,21H,9-12,14H2,1H3/t18-/m1/s1. The molecule has 1 amide bonds. The molecular weight excluding hydrogens is 362 g/mol. The lowest BCUT2D eigenvalue weighted by molar-refractivity contribution is -0.116. The summed E-state index contributed by atoms with van der Waals surface area (Å²) in [6, 6.07) is 15.1. The van der Waals surface area contributed by atoms with Gasteiger partial charge in [0.2, 0.25) is 15.9 Å². The highest BCUT2D eigenvalue weighted by molar-refractivity contribution is 7.89. The molecule has 1 saturated heterocycles.